The highest BCUT2D eigenvalue weighted by Crippen LogP contribution is 2.09. The Hall–Kier alpha value is -2.66. The first-order chi connectivity index (χ1) is 11.3. The van der Waals surface area contributed by atoms with E-state index in [9.17, 15) is 5.11 Å². The third-order valence-corrected chi connectivity index (χ3v) is 3.66. The van der Waals surface area contributed by atoms with Crippen LogP contribution in [0.1, 0.15) is 17.5 Å². The molecule has 0 spiro atoms. The summed E-state index contributed by atoms with van der Waals surface area (Å²) in [5.74, 6) is 0. The normalized spacial score (nSPS) is 12.7. The molecule has 0 bridgehead atoms. The lowest BCUT2D eigenvalue weighted by atomic mass is 10.1. The Balaban J connectivity index is 1.50. The van der Waals surface area contributed by atoms with E-state index in [0.29, 0.717) is 6.42 Å². The lowest BCUT2D eigenvalue weighted by Gasteiger charge is -2.06. The van der Waals surface area contributed by atoms with Crippen LogP contribution in [0.5, 0.6) is 0 Å². The molecule has 23 heavy (non-hydrogen) atoms. The minimum Gasteiger partial charge on any atom is -0.389 e. The summed E-state index contributed by atoms with van der Waals surface area (Å²) in [6.45, 7) is 1.58. The van der Waals surface area contributed by atoms with Gasteiger partial charge in [-0.2, -0.15) is 0 Å². The highest BCUT2D eigenvalue weighted by Gasteiger charge is 2.00. The average Bonchev–Trinajstić information content (AvgIpc) is 3.26. The van der Waals surface area contributed by atoms with Crippen molar-refractivity contribution < 1.29 is 5.11 Å². The molecule has 5 heteroatoms. The molecule has 118 valence electrons. The van der Waals surface area contributed by atoms with Gasteiger partial charge in [-0.15, -0.1) is 0 Å². The number of aromatic nitrogens is 4. The Kier molecular flexibility index (Phi) is 5.01. The summed E-state index contributed by atoms with van der Waals surface area (Å²) >= 11 is 0. The summed E-state index contributed by atoms with van der Waals surface area (Å²) in [5, 5.41) is 10.0. The van der Waals surface area contributed by atoms with Gasteiger partial charge in [-0.25, -0.2) is 9.97 Å². The van der Waals surface area contributed by atoms with Crippen molar-refractivity contribution in [2.75, 3.05) is 0 Å². The van der Waals surface area contributed by atoms with Crippen molar-refractivity contribution in [1.82, 2.24) is 19.1 Å². The molecule has 0 aliphatic heterocycles. The van der Waals surface area contributed by atoms with Crippen molar-refractivity contribution >= 4 is 6.08 Å². The second-order valence-corrected chi connectivity index (χ2v) is 5.49. The summed E-state index contributed by atoms with van der Waals surface area (Å²) in [6.07, 6.45) is 14.9. The van der Waals surface area contributed by atoms with Crippen molar-refractivity contribution in [3.05, 3.63) is 78.9 Å². The molecular formula is C18H20N4O. The lowest BCUT2D eigenvalue weighted by Crippen LogP contribution is -2.07. The molecule has 1 unspecified atom stereocenters. The van der Waals surface area contributed by atoms with Crippen LogP contribution in [0.4, 0.5) is 0 Å². The van der Waals surface area contributed by atoms with Gasteiger partial charge < -0.3 is 14.2 Å². The van der Waals surface area contributed by atoms with Crippen molar-refractivity contribution in [2.45, 2.75) is 25.6 Å². The van der Waals surface area contributed by atoms with E-state index >= 15 is 0 Å². The summed E-state index contributed by atoms with van der Waals surface area (Å²) in [5.41, 5.74) is 2.31. The molecular weight excluding hydrogens is 288 g/mol. The molecule has 2 aromatic heterocycles. The third kappa shape index (κ3) is 4.66. The summed E-state index contributed by atoms with van der Waals surface area (Å²) in [6, 6.07) is 8.31. The van der Waals surface area contributed by atoms with E-state index in [1.54, 1.807) is 18.7 Å². The van der Waals surface area contributed by atoms with Crippen molar-refractivity contribution in [3.8, 4) is 0 Å². The molecule has 0 fully saturated rings. The minimum atomic E-state index is -0.456. The highest BCUT2D eigenvalue weighted by molar-refractivity contribution is 5.50. The number of aryl methyl sites for hydroxylation is 1. The lowest BCUT2D eigenvalue weighted by molar-refractivity contribution is 0.206. The van der Waals surface area contributed by atoms with E-state index in [0.717, 1.165) is 18.7 Å². The molecule has 5 nitrogen and oxygen atoms in total. The predicted molar refractivity (Wildman–Crippen MR) is 89.7 cm³/mol. The second-order valence-electron chi connectivity index (χ2n) is 5.49. The molecule has 1 atom stereocenters. The van der Waals surface area contributed by atoms with Crippen LogP contribution in [0.3, 0.4) is 0 Å². The Bertz CT molecular complexity index is 715. The van der Waals surface area contributed by atoms with Gasteiger partial charge in [0.05, 0.1) is 18.8 Å². The number of aliphatic hydroxyl groups excluding tert-OH is 1. The second kappa shape index (κ2) is 7.56. The van der Waals surface area contributed by atoms with Gasteiger partial charge in [0, 0.05) is 37.9 Å². The van der Waals surface area contributed by atoms with E-state index in [1.165, 1.54) is 5.56 Å². The van der Waals surface area contributed by atoms with Crippen LogP contribution in [0, 0.1) is 0 Å². The molecule has 2 heterocycles. The topological polar surface area (TPSA) is 55.9 Å². The monoisotopic (exact) mass is 308 g/mol. The minimum absolute atomic E-state index is 0.456. The first kappa shape index (κ1) is 15.2. The zero-order valence-corrected chi connectivity index (χ0v) is 12.9. The standard InChI is InChI=1S/C18H20N4O/c23-18(7-10-21-11-8-19-14-21)6-5-16-1-3-17(4-2-16)13-22-12-9-20-15-22/h1-6,8-9,11-12,14-15,18,23H,7,10,13H2. The van der Waals surface area contributed by atoms with Gasteiger partial charge in [0.1, 0.15) is 0 Å². The smallest absolute Gasteiger partial charge is 0.0949 e. The van der Waals surface area contributed by atoms with Gasteiger partial charge in [-0.3, -0.25) is 0 Å². The van der Waals surface area contributed by atoms with Gasteiger partial charge in [-0.05, 0) is 17.5 Å². The Morgan fingerprint density at radius 2 is 1.70 bits per heavy atom. The molecule has 1 aromatic carbocycles. The van der Waals surface area contributed by atoms with Gasteiger partial charge in [0.15, 0.2) is 0 Å². The Labute approximate surface area is 135 Å². The van der Waals surface area contributed by atoms with E-state index in [4.69, 9.17) is 0 Å². The Morgan fingerprint density at radius 3 is 2.35 bits per heavy atom. The molecule has 0 amide bonds. The first-order valence-electron chi connectivity index (χ1n) is 7.66. The maximum Gasteiger partial charge on any atom is 0.0949 e. The quantitative estimate of drug-likeness (QED) is 0.730. The number of benzene rings is 1. The van der Waals surface area contributed by atoms with E-state index < -0.39 is 6.10 Å². The number of nitrogens with zero attached hydrogens (tertiary/aromatic N) is 4. The van der Waals surface area contributed by atoms with Crippen LogP contribution in [0.2, 0.25) is 0 Å². The molecule has 0 saturated carbocycles. The molecule has 0 aliphatic rings. The predicted octanol–water partition coefficient (Wildman–Crippen LogP) is 2.59. The van der Waals surface area contributed by atoms with Gasteiger partial charge >= 0.3 is 0 Å². The van der Waals surface area contributed by atoms with Crippen molar-refractivity contribution in [2.24, 2.45) is 0 Å². The average molecular weight is 308 g/mol. The summed E-state index contributed by atoms with van der Waals surface area (Å²) in [4.78, 5) is 8.03. The number of hydrogen-bond donors (Lipinski definition) is 1. The molecule has 3 rings (SSSR count). The van der Waals surface area contributed by atoms with Crippen LogP contribution in [0.25, 0.3) is 6.08 Å². The van der Waals surface area contributed by atoms with Gasteiger partial charge in [0.2, 0.25) is 0 Å². The van der Waals surface area contributed by atoms with E-state index in [2.05, 4.69) is 34.2 Å². The van der Waals surface area contributed by atoms with Gasteiger partial charge in [0.25, 0.3) is 0 Å². The number of rotatable bonds is 7. The number of hydrogen-bond acceptors (Lipinski definition) is 3. The summed E-state index contributed by atoms with van der Waals surface area (Å²) < 4.78 is 3.99. The molecule has 0 radical (unpaired) electrons. The first-order valence-corrected chi connectivity index (χ1v) is 7.66. The maximum atomic E-state index is 10.0. The zero-order chi connectivity index (χ0) is 15.9. The SMILES string of the molecule is OC(C=Cc1ccc(Cn2ccnc2)cc1)CCn1ccnc1. The maximum absolute atomic E-state index is 10.0. The van der Waals surface area contributed by atoms with Crippen LogP contribution in [-0.2, 0) is 13.1 Å². The third-order valence-electron chi connectivity index (χ3n) is 3.66. The van der Waals surface area contributed by atoms with E-state index in [-0.39, 0.29) is 0 Å². The largest absolute Gasteiger partial charge is 0.389 e. The zero-order valence-electron chi connectivity index (χ0n) is 12.9. The highest BCUT2D eigenvalue weighted by atomic mass is 16.3. The fourth-order valence-corrected chi connectivity index (χ4v) is 2.34. The van der Waals surface area contributed by atoms with Crippen LogP contribution in [0.15, 0.2) is 67.8 Å². The van der Waals surface area contributed by atoms with Crippen LogP contribution in [-0.4, -0.2) is 30.3 Å². The molecule has 3 aromatic rings. The number of aliphatic hydroxyl groups is 1. The summed E-state index contributed by atoms with van der Waals surface area (Å²) in [7, 11) is 0. The van der Waals surface area contributed by atoms with Crippen LogP contribution >= 0.6 is 0 Å². The number of imidazole rings is 2. The van der Waals surface area contributed by atoms with Crippen molar-refractivity contribution in [1.29, 1.82) is 0 Å². The fourth-order valence-electron chi connectivity index (χ4n) is 2.34. The van der Waals surface area contributed by atoms with E-state index in [1.807, 2.05) is 40.0 Å². The fraction of sp³-hybridized carbons (Fsp3) is 0.222. The van der Waals surface area contributed by atoms with Crippen LogP contribution < -0.4 is 0 Å². The Morgan fingerprint density at radius 1 is 1.00 bits per heavy atom. The molecule has 0 saturated heterocycles. The van der Waals surface area contributed by atoms with Gasteiger partial charge in [-0.1, -0.05) is 36.4 Å². The molecule has 0 aliphatic carbocycles. The molecule has 1 N–H and O–H groups in total. The van der Waals surface area contributed by atoms with Crippen molar-refractivity contribution in [3.63, 3.8) is 0 Å².